The molecule has 1 atom stereocenters. The summed E-state index contributed by atoms with van der Waals surface area (Å²) in [6, 6.07) is 17.1. The molecule has 0 radical (unpaired) electrons. The van der Waals surface area contributed by atoms with Gasteiger partial charge in [-0.1, -0.05) is 29.8 Å². The van der Waals surface area contributed by atoms with Crippen LogP contribution in [-0.2, 0) is 0 Å². The Morgan fingerprint density at radius 3 is 2.41 bits per heavy atom. The van der Waals surface area contributed by atoms with Crippen LogP contribution in [0.25, 0.3) is 11.5 Å². The normalized spacial score (nSPS) is 12.0. The first-order chi connectivity index (χ1) is 14.0. The zero-order valence-corrected chi connectivity index (χ0v) is 16.1. The molecule has 0 aliphatic heterocycles. The molecule has 0 aliphatic carbocycles. The second-order valence-corrected chi connectivity index (χ2v) is 6.98. The Morgan fingerprint density at radius 1 is 0.931 bits per heavy atom. The molecule has 0 saturated carbocycles. The van der Waals surface area contributed by atoms with Crippen molar-refractivity contribution in [3.63, 3.8) is 0 Å². The third-order valence-corrected chi connectivity index (χ3v) is 4.70. The molecule has 7 heteroatoms. The number of hydrogen-bond acceptors (Lipinski definition) is 4. The van der Waals surface area contributed by atoms with E-state index in [4.69, 9.17) is 16.0 Å². The van der Waals surface area contributed by atoms with E-state index in [1.165, 1.54) is 24.3 Å². The smallest absolute Gasteiger partial charge is 0.247 e. The molecule has 0 aliphatic rings. The highest BCUT2D eigenvalue weighted by molar-refractivity contribution is 6.30. The summed E-state index contributed by atoms with van der Waals surface area (Å²) in [6.45, 7) is 1.80. The lowest BCUT2D eigenvalue weighted by Gasteiger charge is -2.18. The summed E-state index contributed by atoms with van der Waals surface area (Å²) in [4.78, 5) is 0. The second-order valence-electron chi connectivity index (χ2n) is 6.54. The topological polar surface area (TPSA) is 51.0 Å². The Labute approximate surface area is 171 Å². The Balaban J connectivity index is 1.73. The molecule has 0 fully saturated rings. The SMILES string of the molecule is Cc1cc(F)ccc1N[C@H](c1ccc(Cl)cc1)c1nnc(-c2cccc(F)c2)o1. The highest BCUT2D eigenvalue weighted by atomic mass is 35.5. The van der Waals surface area contributed by atoms with Crippen molar-refractivity contribution in [1.82, 2.24) is 10.2 Å². The van der Waals surface area contributed by atoms with E-state index in [1.54, 1.807) is 37.3 Å². The van der Waals surface area contributed by atoms with E-state index in [2.05, 4.69) is 15.5 Å². The monoisotopic (exact) mass is 411 g/mol. The summed E-state index contributed by atoms with van der Waals surface area (Å²) < 4.78 is 32.9. The molecular weight excluding hydrogens is 396 g/mol. The maximum Gasteiger partial charge on any atom is 0.247 e. The number of anilines is 1. The zero-order valence-electron chi connectivity index (χ0n) is 15.4. The molecule has 0 bridgehead atoms. The summed E-state index contributed by atoms with van der Waals surface area (Å²) in [5.41, 5.74) is 2.76. The van der Waals surface area contributed by atoms with Crippen LogP contribution in [-0.4, -0.2) is 10.2 Å². The summed E-state index contributed by atoms with van der Waals surface area (Å²) in [7, 11) is 0. The van der Waals surface area contributed by atoms with E-state index < -0.39 is 11.9 Å². The first kappa shape index (κ1) is 19.1. The van der Waals surface area contributed by atoms with Gasteiger partial charge in [0.1, 0.15) is 17.7 Å². The van der Waals surface area contributed by atoms with Crippen LogP contribution < -0.4 is 5.32 Å². The van der Waals surface area contributed by atoms with Gasteiger partial charge in [0.15, 0.2) is 0 Å². The van der Waals surface area contributed by atoms with Crippen LogP contribution in [0.15, 0.2) is 71.1 Å². The van der Waals surface area contributed by atoms with Gasteiger partial charge in [0.05, 0.1) is 0 Å². The molecule has 3 aromatic carbocycles. The van der Waals surface area contributed by atoms with Gasteiger partial charge < -0.3 is 9.73 Å². The van der Waals surface area contributed by atoms with E-state index in [-0.39, 0.29) is 17.6 Å². The van der Waals surface area contributed by atoms with Crippen molar-refractivity contribution in [2.75, 3.05) is 5.32 Å². The summed E-state index contributed by atoms with van der Waals surface area (Å²) >= 11 is 6.02. The fraction of sp³-hybridized carbons (Fsp3) is 0.0909. The number of aryl methyl sites for hydroxylation is 1. The lowest BCUT2D eigenvalue weighted by Crippen LogP contribution is -2.13. The second kappa shape index (κ2) is 8.01. The summed E-state index contributed by atoms with van der Waals surface area (Å²) in [5.74, 6) is -0.217. The third-order valence-electron chi connectivity index (χ3n) is 4.45. The van der Waals surface area contributed by atoms with Gasteiger partial charge in [-0.3, -0.25) is 0 Å². The van der Waals surface area contributed by atoms with Gasteiger partial charge in [0.2, 0.25) is 11.8 Å². The minimum absolute atomic E-state index is 0.205. The maximum absolute atomic E-state index is 13.5. The van der Waals surface area contributed by atoms with E-state index in [0.29, 0.717) is 10.6 Å². The minimum atomic E-state index is -0.508. The first-order valence-electron chi connectivity index (χ1n) is 8.87. The number of nitrogens with zero attached hydrogens (tertiary/aromatic N) is 2. The fourth-order valence-corrected chi connectivity index (χ4v) is 3.10. The minimum Gasteiger partial charge on any atom is -0.418 e. The standard InChI is InChI=1S/C22H16ClF2N3O/c1-13-11-18(25)9-10-19(13)26-20(14-5-7-16(23)8-6-14)22-28-27-21(29-22)15-3-2-4-17(24)12-15/h2-12,20,26H,1H3/t20-/m1/s1. The molecule has 4 aromatic rings. The number of aromatic nitrogens is 2. The molecular formula is C22H16ClF2N3O. The van der Waals surface area contributed by atoms with Crippen LogP contribution in [0.2, 0.25) is 5.02 Å². The largest absolute Gasteiger partial charge is 0.418 e. The highest BCUT2D eigenvalue weighted by Gasteiger charge is 2.22. The van der Waals surface area contributed by atoms with Crippen molar-refractivity contribution in [1.29, 1.82) is 0 Å². The molecule has 0 unspecified atom stereocenters. The Bertz CT molecular complexity index is 1150. The lowest BCUT2D eigenvalue weighted by atomic mass is 10.1. The van der Waals surface area contributed by atoms with Gasteiger partial charge in [-0.2, -0.15) is 0 Å². The van der Waals surface area contributed by atoms with Crippen molar-refractivity contribution in [2.24, 2.45) is 0 Å². The molecule has 4 nitrogen and oxygen atoms in total. The van der Waals surface area contributed by atoms with Gasteiger partial charge in [0, 0.05) is 16.3 Å². The number of rotatable bonds is 5. The molecule has 0 amide bonds. The Kier molecular flexibility index (Phi) is 5.27. The van der Waals surface area contributed by atoms with E-state index in [9.17, 15) is 8.78 Å². The summed E-state index contributed by atoms with van der Waals surface area (Å²) in [5, 5.41) is 12.1. The first-order valence-corrected chi connectivity index (χ1v) is 9.25. The van der Waals surface area contributed by atoms with Crippen LogP contribution in [0.5, 0.6) is 0 Å². The fourth-order valence-electron chi connectivity index (χ4n) is 2.98. The predicted octanol–water partition coefficient (Wildman–Crippen LogP) is 6.18. The molecule has 1 aromatic heterocycles. The average Bonchev–Trinajstić information content (AvgIpc) is 3.18. The number of hydrogen-bond donors (Lipinski definition) is 1. The molecule has 0 saturated heterocycles. The molecule has 1 N–H and O–H groups in total. The Hall–Kier alpha value is -3.25. The van der Waals surface area contributed by atoms with Gasteiger partial charge in [-0.05, 0) is 66.6 Å². The molecule has 29 heavy (non-hydrogen) atoms. The summed E-state index contributed by atoms with van der Waals surface area (Å²) in [6.07, 6.45) is 0. The van der Waals surface area contributed by atoms with Crippen LogP contribution in [0.4, 0.5) is 14.5 Å². The number of nitrogens with one attached hydrogen (secondary N) is 1. The van der Waals surface area contributed by atoms with Crippen LogP contribution in [0.3, 0.4) is 0 Å². The third kappa shape index (κ3) is 4.27. The predicted molar refractivity (Wildman–Crippen MR) is 108 cm³/mol. The van der Waals surface area contributed by atoms with E-state index in [0.717, 1.165) is 16.8 Å². The highest BCUT2D eigenvalue weighted by Crippen LogP contribution is 2.30. The quantitative estimate of drug-likeness (QED) is 0.426. The molecule has 0 spiro atoms. The van der Waals surface area contributed by atoms with Crippen molar-refractivity contribution in [2.45, 2.75) is 13.0 Å². The number of halogens is 3. The molecule has 146 valence electrons. The van der Waals surface area contributed by atoms with Gasteiger partial charge in [-0.15, -0.1) is 10.2 Å². The molecule has 4 rings (SSSR count). The lowest BCUT2D eigenvalue weighted by molar-refractivity contribution is 0.493. The van der Waals surface area contributed by atoms with Gasteiger partial charge in [-0.25, -0.2) is 8.78 Å². The van der Waals surface area contributed by atoms with Crippen molar-refractivity contribution in [3.8, 4) is 11.5 Å². The van der Waals surface area contributed by atoms with E-state index >= 15 is 0 Å². The van der Waals surface area contributed by atoms with Gasteiger partial charge in [0.25, 0.3) is 0 Å². The van der Waals surface area contributed by atoms with Gasteiger partial charge >= 0.3 is 0 Å². The molecule has 1 heterocycles. The maximum atomic E-state index is 13.5. The van der Waals surface area contributed by atoms with Crippen molar-refractivity contribution < 1.29 is 13.2 Å². The van der Waals surface area contributed by atoms with Crippen molar-refractivity contribution >= 4 is 17.3 Å². The average molecular weight is 412 g/mol. The van der Waals surface area contributed by atoms with E-state index in [1.807, 2.05) is 12.1 Å². The Morgan fingerprint density at radius 2 is 1.69 bits per heavy atom. The van der Waals surface area contributed by atoms with Crippen molar-refractivity contribution in [3.05, 3.63) is 100 Å². The van der Waals surface area contributed by atoms with Crippen LogP contribution in [0.1, 0.15) is 23.1 Å². The van der Waals surface area contributed by atoms with Crippen LogP contribution in [0, 0.1) is 18.6 Å². The van der Waals surface area contributed by atoms with Crippen LogP contribution >= 0.6 is 11.6 Å². The zero-order chi connectivity index (χ0) is 20.4. The number of benzene rings is 3.